The summed E-state index contributed by atoms with van der Waals surface area (Å²) in [6.07, 6.45) is -0.225. The van der Waals surface area contributed by atoms with Crippen LogP contribution in [0.3, 0.4) is 0 Å². The first-order valence-corrected chi connectivity index (χ1v) is 17.9. The molecule has 10 aromatic rings. The van der Waals surface area contributed by atoms with Crippen LogP contribution in [-0.2, 0) is 0 Å². The lowest BCUT2D eigenvalue weighted by Gasteiger charge is -2.18. The molecular weight excluding hydrogens is 647 g/mol. The van der Waals surface area contributed by atoms with E-state index in [9.17, 15) is 0 Å². The molecule has 0 saturated heterocycles. The van der Waals surface area contributed by atoms with Gasteiger partial charge in [-0.3, -0.25) is 0 Å². The minimum atomic E-state index is -0.225. The molecule has 0 fully saturated rings. The Morgan fingerprint density at radius 2 is 1.12 bits per heavy atom. The molecular formula is C45H28N3O2S+. The molecule has 11 rings (SSSR count). The molecule has 4 heterocycles. The fraction of sp³-hybridized carbons (Fsp3) is 0.0222. The number of nitrogens with one attached hydrogen (secondary N) is 2. The number of hydrogen-bond donors (Lipinski definition) is 2. The second-order valence-electron chi connectivity index (χ2n) is 13.0. The number of rotatable bonds is 4. The summed E-state index contributed by atoms with van der Waals surface area (Å²) in [4.78, 5) is 8.96. The van der Waals surface area contributed by atoms with E-state index < -0.39 is 0 Å². The van der Waals surface area contributed by atoms with Crippen LogP contribution >= 0.6 is 11.3 Å². The SMILES string of the molecule is c1ccc(C2=NC(c3cccc4c3oc3c(-c5cccc6c5oc5ccccc56)cccc34)=[NH+]C(c3ccc4sc5ccccc5c4c3)N2)cc1. The Kier molecular flexibility index (Phi) is 6.12. The van der Waals surface area contributed by atoms with Crippen molar-refractivity contribution in [3.05, 3.63) is 168 Å². The third-order valence-electron chi connectivity index (χ3n) is 10.0. The molecule has 1 atom stereocenters. The monoisotopic (exact) mass is 674 g/mol. The lowest BCUT2D eigenvalue weighted by atomic mass is 9.99. The standard InChI is InChI=1S/C45H27N3O2S/c1-2-11-26(12-3-1)43-46-44(27-23-24-39-36(25-27)29-14-5-7-22-38(29)51-39)48-45(47-43)35-20-10-19-34-33-18-9-17-32(41(33)50-42(34)35)31-16-8-15-30-28-13-4-6-21-37(28)49-40(30)31/h1-25,44H,(H,46,47,48)/p+1. The zero-order valence-electron chi connectivity index (χ0n) is 27.2. The fourth-order valence-electron chi connectivity index (χ4n) is 7.64. The van der Waals surface area contributed by atoms with Gasteiger partial charge in [0.25, 0.3) is 5.84 Å². The summed E-state index contributed by atoms with van der Waals surface area (Å²) in [5, 5.41) is 10.5. The summed E-state index contributed by atoms with van der Waals surface area (Å²) >= 11 is 1.83. The van der Waals surface area contributed by atoms with E-state index in [-0.39, 0.29) is 6.17 Å². The van der Waals surface area contributed by atoms with Gasteiger partial charge >= 0.3 is 5.84 Å². The van der Waals surface area contributed by atoms with Crippen molar-refractivity contribution >= 4 is 87.1 Å². The van der Waals surface area contributed by atoms with E-state index in [2.05, 4.69) is 132 Å². The summed E-state index contributed by atoms with van der Waals surface area (Å²) < 4.78 is 16.0. The maximum atomic E-state index is 6.93. The zero-order chi connectivity index (χ0) is 33.5. The Hall–Kier alpha value is -6.50. The number of hydrogen-bond acceptors (Lipinski definition) is 5. The van der Waals surface area contributed by atoms with Gasteiger partial charge in [-0.15, -0.1) is 11.3 Å². The van der Waals surface area contributed by atoms with Crippen molar-refractivity contribution in [3.8, 4) is 11.1 Å². The van der Waals surface area contributed by atoms with Gasteiger partial charge in [0, 0.05) is 64.0 Å². The Bertz CT molecular complexity index is 3070. The Morgan fingerprint density at radius 1 is 0.510 bits per heavy atom. The topological polar surface area (TPSA) is 64.6 Å². The number of benzene rings is 7. The van der Waals surface area contributed by atoms with Crippen LogP contribution in [0.2, 0.25) is 0 Å². The number of nitrogens with zero attached hydrogens (tertiary/aromatic N) is 1. The first-order chi connectivity index (χ1) is 25.3. The molecule has 0 saturated carbocycles. The Labute approximate surface area is 295 Å². The van der Waals surface area contributed by atoms with Gasteiger partial charge in [0.1, 0.15) is 22.3 Å². The van der Waals surface area contributed by atoms with Crippen LogP contribution in [0.1, 0.15) is 22.9 Å². The van der Waals surface area contributed by atoms with Gasteiger partial charge < -0.3 is 14.2 Å². The van der Waals surface area contributed by atoms with Gasteiger partial charge in [-0.05, 0) is 47.5 Å². The molecule has 1 aliphatic heterocycles. The highest BCUT2D eigenvalue weighted by molar-refractivity contribution is 7.25. The van der Waals surface area contributed by atoms with Crippen molar-refractivity contribution in [3.63, 3.8) is 0 Å². The minimum Gasteiger partial charge on any atom is -0.455 e. The van der Waals surface area contributed by atoms with E-state index >= 15 is 0 Å². The number of amidine groups is 2. The van der Waals surface area contributed by atoms with Crippen molar-refractivity contribution in [2.24, 2.45) is 4.99 Å². The van der Waals surface area contributed by atoms with Crippen LogP contribution in [-0.4, -0.2) is 11.7 Å². The summed E-state index contributed by atoms with van der Waals surface area (Å²) in [7, 11) is 0. The van der Waals surface area contributed by atoms with Crippen LogP contribution in [0.5, 0.6) is 0 Å². The summed E-state index contributed by atoms with van der Waals surface area (Å²) in [5.74, 6) is 1.55. The normalized spacial score (nSPS) is 14.9. The third-order valence-corrected chi connectivity index (χ3v) is 11.2. The highest BCUT2D eigenvalue weighted by Crippen LogP contribution is 2.42. The number of furan rings is 2. The Morgan fingerprint density at radius 3 is 1.92 bits per heavy atom. The molecule has 6 heteroatoms. The molecule has 0 spiro atoms. The summed E-state index contributed by atoms with van der Waals surface area (Å²) in [5.41, 5.74) is 8.38. The van der Waals surface area contributed by atoms with Crippen LogP contribution in [0.15, 0.2) is 165 Å². The highest BCUT2D eigenvalue weighted by atomic mass is 32.1. The van der Waals surface area contributed by atoms with Crippen molar-refractivity contribution in [1.29, 1.82) is 0 Å². The molecule has 3 aromatic heterocycles. The summed E-state index contributed by atoms with van der Waals surface area (Å²) in [6, 6.07) is 52.9. The zero-order valence-corrected chi connectivity index (χ0v) is 28.0. The molecule has 0 aliphatic carbocycles. The largest absolute Gasteiger partial charge is 0.455 e. The average Bonchev–Trinajstić information content (AvgIpc) is 3.89. The predicted octanol–water partition coefficient (Wildman–Crippen LogP) is 10.1. The van der Waals surface area contributed by atoms with Crippen molar-refractivity contribution in [2.75, 3.05) is 0 Å². The van der Waals surface area contributed by atoms with Crippen LogP contribution in [0, 0.1) is 0 Å². The maximum absolute atomic E-state index is 6.93. The number of aliphatic imine (C=N–C) groups is 1. The van der Waals surface area contributed by atoms with E-state index in [1.165, 1.54) is 20.2 Å². The smallest absolute Gasteiger partial charge is 0.331 e. The lowest BCUT2D eigenvalue weighted by molar-refractivity contribution is -0.516. The molecule has 0 amide bonds. The van der Waals surface area contributed by atoms with E-state index in [4.69, 9.17) is 13.8 Å². The minimum absolute atomic E-state index is 0.225. The van der Waals surface area contributed by atoms with Gasteiger partial charge in [-0.25, -0.2) is 4.99 Å². The van der Waals surface area contributed by atoms with E-state index in [1.807, 2.05) is 41.7 Å². The van der Waals surface area contributed by atoms with Gasteiger partial charge in [-0.2, -0.15) is 0 Å². The molecule has 1 unspecified atom stereocenters. The number of thiophene rings is 1. The van der Waals surface area contributed by atoms with Crippen molar-refractivity contribution in [1.82, 2.24) is 5.32 Å². The molecule has 0 bridgehead atoms. The molecule has 1 aliphatic rings. The van der Waals surface area contributed by atoms with Gasteiger partial charge in [0.15, 0.2) is 11.7 Å². The lowest BCUT2D eigenvalue weighted by Crippen LogP contribution is -2.80. The van der Waals surface area contributed by atoms with E-state index in [0.717, 1.165) is 83.4 Å². The van der Waals surface area contributed by atoms with Gasteiger partial charge in [0.05, 0.1) is 0 Å². The quantitative estimate of drug-likeness (QED) is 0.195. The van der Waals surface area contributed by atoms with Crippen LogP contribution in [0.25, 0.3) is 75.2 Å². The molecule has 51 heavy (non-hydrogen) atoms. The first kappa shape index (κ1) is 28.3. The van der Waals surface area contributed by atoms with Crippen LogP contribution in [0.4, 0.5) is 0 Å². The average molecular weight is 675 g/mol. The molecule has 2 N–H and O–H groups in total. The van der Waals surface area contributed by atoms with E-state index in [1.54, 1.807) is 0 Å². The molecule has 7 aromatic carbocycles. The molecule has 5 nitrogen and oxygen atoms in total. The van der Waals surface area contributed by atoms with Crippen LogP contribution < -0.4 is 10.3 Å². The summed E-state index contributed by atoms with van der Waals surface area (Å²) in [6.45, 7) is 0. The highest BCUT2D eigenvalue weighted by Gasteiger charge is 2.30. The maximum Gasteiger partial charge on any atom is 0.331 e. The first-order valence-electron chi connectivity index (χ1n) is 17.1. The Balaban J connectivity index is 1.10. The molecule has 240 valence electrons. The van der Waals surface area contributed by atoms with Crippen molar-refractivity contribution in [2.45, 2.75) is 6.17 Å². The number of fused-ring (bicyclic) bond motifs is 9. The van der Waals surface area contributed by atoms with Crippen molar-refractivity contribution < 1.29 is 13.8 Å². The predicted molar refractivity (Wildman–Crippen MR) is 210 cm³/mol. The van der Waals surface area contributed by atoms with E-state index in [0.29, 0.717) is 0 Å². The van der Waals surface area contributed by atoms with Gasteiger partial charge in [-0.1, -0.05) is 109 Å². The molecule has 0 radical (unpaired) electrons. The second kappa shape index (κ2) is 11.0. The fourth-order valence-corrected chi connectivity index (χ4v) is 8.72. The second-order valence-corrected chi connectivity index (χ2v) is 14.1. The number of para-hydroxylation sites is 4. The third kappa shape index (κ3) is 4.40. The van der Waals surface area contributed by atoms with Gasteiger partial charge in [0.2, 0.25) is 0 Å².